The summed E-state index contributed by atoms with van der Waals surface area (Å²) in [5.74, 6) is 0.127. The molecule has 6 aromatic heterocycles. The van der Waals surface area contributed by atoms with Crippen molar-refractivity contribution in [1.82, 2.24) is 50.1 Å². The number of amides is 3. The molecular weight excluding hydrogens is 984 g/mol. The van der Waals surface area contributed by atoms with E-state index in [2.05, 4.69) is 46.1 Å². The number of benzene rings is 2. The Morgan fingerprint density at radius 1 is 0.689 bits per heavy atom. The number of aromatic nitrogens is 8. The van der Waals surface area contributed by atoms with Crippen LogP contribution in [0.15, 0.2) is 85.5 Å². The summed E-state index contributed by atoms with van der Waals surface area (Å²) < 4.78 is 8.57. The number of carbonyl (C=O) groups is 3. The van der Waals surface area contributed by atoms with Crippen LogP contribution in [0.3, 0.4) is 0 Å². The van der Waals surface area contributed by atoms with Gasteiger partial charge >= 0.3 is 6.09 Å². The molecule has 2 atom stereocenters. The molecule has 0 fully saturated rings. The number of rotatable bonds is 13. The van der Waals surface area contributed by atoms with Crippen molar-refractivity contribution >= 4 is 74.6 Å². The molecule has 8 rings (SSSR count). The normalized spacial score (nSPS) is 12.1. The number of nitrogen functional groups attached to an aromatic ring is 1. The van der Waals surface area contributed by atoms with Gasteiger partial charge in [0.1, 0.15) is 28.6 Å². The van der Waals surface area contributed by atoms with Crippen LogP contribution in [0.25, 0.3) is 21.8 Å². The molecule has 74 heavy (non-hydrogen) atoms. The van der Waals surface area contributed by atoms with Gasteiger partial charge in [0.25, 0.3) is 11.8 Å². The molecule has 6 heterocycles. The first-order valence-electron chi connectivity index (χ1n) is 23.4. The minimum atomic E-state index is -0.940. The number of hydrogen-bond acceptors (Lipinski definition) is 13. The van der Waals surface area contributed by atoms with E-state index in [0.29, 0.717) is 58.3 Å². The first-order valence-corrected chi connectivity index (χ1v) is 24.1. The van der Waals surface area contributed by atoms with Crippen LogP contribution in [0.4, 0.5) is 16.4 Å². The lowest BCUT2D eigenvalue weighted by Crippen LogP contribution is -2.28. The number of nitrogens with two attached hydrogens (primary N) is 1. The molecule has 0 aliphatic heterocycles. The summed E-state index contributed by atoms with van der Waals surface area (Å²) in [6.07, 6.45) is 4.07. The second-order valence-electron chi connectivity index (χ2n) is 18.8. The Bertz CT molecular complexity index is 3320. The number of anilines is 2. The standard InChI is InChI=1S/C29H33ClN6O4.C24H25ClN6O2.CH4/c1-16-9-25(34-28(39)40-29(4,5)6)33-17(2)22(16)13-32-27(38)23-15-36(35-26(23)18(3)37)14-19-7-8-24-20(10-19)11-21(30)12-31-24;1-13-6-22(26)29-14(2)19(13)10-28-24(33)20-12-31(30-23(20)15(3)32)11-16-4-5-21-17(7-16)8-18(25)9-27-21;/h7-12,15,18,37H,13-14H2,1-6H3,(H,32,38)(H,33,34,39);4-9,12,15,32H,10-11H2,1-3H3,(H2,26,29)(H,28,33);1H4. The topological polar surface area (TPSA) is 250 Å². The molecule has 2 aromatic carbocycles. The molecule has 2 unspecified atom stereocenters. The largest absolute Gasteiger partial charge is 0.444 e. The van der Waals surface area contributed by atoms with Gasteiger partial charge in [-0.15, -0.1) is 0 Å². The van der Waals surface area contributed by atoms with Gasteiger partial charge in [0.05, 0.1) is 57.5 Å². The smallest absolute Gasteiger partial charge is 0.413 e. The molecule has 0 saturated heterocycles. The van der Waals surface area contributed by atoms with Gasteiger partial charge in [0.2, 0.25) is 0 Å². The van der Waals surface area contributed by atoms with Gasteiger partial charge in [0.15, 0.2) is 0 Å². The van der Waals surface area contributed by atoms with E-state index in [1.165, 1.54) is 0 Å². The number of nitrogens with zero attached hydrogens (tertiary/aromatic N) is 8. The number of fused-ring (bicyclic) bond motifs is 2. The van der Waals surface area contributed by atoms with E-state index in [-0.39, 0.29) is 37.0 Å². The van der Waals surface area contributed by atoms with Gasteiger partial charge < -0.3 is 31.3 Å². The zero-order chi connectivity index (χ0) is 52.9. The van der Waals surface area contributed by atoms with Crippen molar-refractivity contribution in [2.24, 2.45) is 0 Å². The lowest BCUT2D eigenvalue weighted by Gasteiger charge is -2.20. The summed E-state index contributed by atoms with van der Waals surface area (Å²) >= 11 is 12.2. The first kappa shape index (κ1) is 55.8. The third-order valence-corrected chi connectivity index (χ3v) is 12.0. The molecule has 0 aliphatic rings. The average molecular weight is 1050 g/mol. The van der Waals surface area contributed by atoms with Crippen LogP contribution >= 0.6 is 23.2 Å². The van der Waals surface area contributed by atoms with E-state index in [1.807, 2.05) is 69.3 Å². The van der Waals surface area contributed by atoms with Gasteiger partial charge in [-0.3, -0.25) is 34.2 Å². The van der Waals surface area contributed by atoms with Crippen molar-refractivity contribution in [1.29, 1.82) is 0 Å². The van der Waals surface area contributed by atoms with Crippen LogP contribution in [-0.2, 0) is 30.9 Å². The molecule has 388 valence electrons. The number of halogens is 2. The number of aliphatic hydroxyl groups is 2. The maximum absolute atomic E-state index is 13.2. The van der Waals surface area contributed by atoms with Gasteiger partial charge in [-0.2, -0.15) is 10.2 Å². The molecule has 0 spiro atoms. The second-order valence-corrected chi connectivity index (χ2v) is 19.6. The Labute approximate surface area is 439 Å². The number of hydrogen-bond donors (Lipinski definition) is 6. The molecule has 20 heteroatoms. The highest BCUT2D eigenvalue weighted by molar-refractivity contribution is 6.31. The van der Waals surface area contributed by atoms with Crippen LogP contribution < -0.4 is 21.7 Å². The molecular formula is C54H62Cl2N12O6. The van der Waals surface area contributed by atoms with Crippen LogP contribution in [0, 0.1) is 27.7 Å². The number of ether oxygens (including phenoxy) is 1. The minimum Gasteiger partial charge on any atom is -0.444 e. The van der Waals surface area contributed by atoms with Crippen molar-refractivity contribution in [3.05, 3.63) is 163 Å². The maximum Gasteiger partial charge on any atom is 0.413 e. The van der Waals surface area contributed by atoms with E-state index in [1.54, 1.807) is 87.8 Å². The lowest BCUT2D eigenvalue weighted by atomic mass is 10.1. The van der Waals surface area contributed by atoms with Crippen LogP contribution in [0.2, 0.25) is 10.0 Å². The van der Waals surface area contributed by atoms with Crippen molar-refractivity contribution < 1.29 is 29.3 Å². The monoisotopic (exact) mass is 1040 g/mol. The SMILES string of the molecule is C.Cc1cc(N)nc(C)c1CNC(=O)c1cn(Cc2ccc3ncc(Cl)cc3c2)nc1C(C)O.Cc1cc(NC(=O)OC(C)(C)C)nc(C)c1CNC(=O)c1cn(Cc2ccc3ncc(Cl)cc3c2)nc1C(C)O. The van der Waals surface area contributed by atoms with E-state index in [4.69, 9.17) is 33.7 Å². The summed E-state index contributed by atoms with van der Waals surface area (Å²) in [5, 5.41) is 40.9. The summed E-state index contributed by atoms with van der Waals surface area (Å²) in [5.41, 5.74) is 14.9. The maximum atomic E-state index is 13.2. The summed E-state index contributed by atoms with van der Waals surface area (Å²) in [7, 11) is 0. The number of pyridine rings is 4. The van der Waals surface area contributed by atoms with Crippen LogP contribution in [-0.4, -0.2) is 73.2 Å². The van der Waals surface area contributed by atoms with Crippen molar-refractivity contribution in [3.63, 3.8) is 0 Å². The Morgan fingerprint density at radius 2 is 1.14 bits per heavy atom. The zero-order valence-corrected chi connectivity index (χ0v) is 43.5. The van der Waals surface area contributed by atoms with Gasteiger partial charge in [-0.1, -0.05) is 42.8 Å². The molecule has 3 amide bonds. The number of nitrogens with one attached hydrogen (secondary N) is 3. The van der Waals surface area contributed by atoms with E-state index >= 15 is 0 Å². The molecule has 0 radical (unpaired) electrons. The third-order valence-electron chi connectivity index (χ3n) is 11.6. The van der Waals surface area contributed by atoms with E-state index < -0.39 is 23.9 Å². The number of carbonyl (C=O) groups excluding carboxylic acids is 3. The Hall–Kier alpha value is -7.51. The predicted octanol–water partition coefficient (Wildman–Crippen LogP) is 9.82. The molecule has 8 aromatic rings. The molecule has 0 aliphatic carbocycles. The number of aryl methyl sites for hydroxylation is 4. The second kappa shape index (κ2) is 23.6. The van der Waals surface area contributed by atoms with Gasteiger partial charge in [0, 0.05) is 60.0 Å². The predicted molar refractivity (Wildman–Crippen MR) is 288 cm³/mol. The Balaban J connectivity index is 0.000000242. The third kappa shape index (κ3) is 14.2. The molecule has 7 N–H and O–H groups in total. The number of aliphatic hydroxyl groups excluding tert-OH is 2. The van der Waals surface area contributed by atoms with E-state index in [0.717, 1.165) is 60.9 Å². The average Bonchev–Trinajstić information content (AvgIpc) is 3.93. The van der Waals surface area contributed by atoms with Crippen molar-refractivity contribution in [2.45, 2.75) is 114 Å². The minimum absolute atomic E-state index is 0. The molecule has 0 bridgehead atoms. The Kier molecular flexibility index (Phi) is 17.8. The zero-order valence-electron chi connectivity index (χ0n) is 42.0. The van der Waals surface area contributed by atoms with Gasteiger partial charge in [-0.05, 0) is 144 Å². The highest BCUT2D eigenvalue weighted by Crippen LogP contribution is 2.25. The van der Waals surface area contributed by atoms with Crippen molar-refractivity contribution in [3.8, 4) is 0 Å². The van der Waals surface area contributed by atoms with E-state index in [9.17, 15) is 24.6 Å². The lowest BCUT2D eigenvalue weighted by molar-refractivity contribution is 0.0634. The fourth-order valence-corrected chi connectivity index (χ4v) is 8.49. The molecule has 18 nitrogen and oxygen atoms in total. The highest BCUT2D eigenvalue weighted by atomic mass is 35.5. The van der Waals surface area contributed by atoms with Gasteiger partial charge in [-0.25, -0.2) is 14.8 Å². The fourth-order valence-electron chi connectivity index (χ4n) is 8.16. The fraction of sp³-hybridized carbons (Fsp3) is 0.315. The quantitative estimate of drug-likeness (QED) is 0.0630. The summed E-state index contributed by atoms with van der Waals surface area (Å²) in [4.78, 5) is 55.6. The summed E-state index contributed by atoms with van der Waals surface area (Å²) in [6.45, 7) is 17.3. The van der Waals surface area contributed by atoms with Crippen LogP contribution in [0.5, 0.6) is 0 Å². The van der Waals surface area contributed by atoms with Crippen LogP contribution in [0.1, 0.15) is 131 Å². The van der Waals surface area contributed by atoms with Crippen molar-refractivity contribution in [2.75, 3.05) is 11.1 Å². The summed E-state index contributed by atoms with van der Waals surface area (Å²) in [6, 6.07) is 18.9. The first-order chi connectivity index (χ1) is 34.5. The highest BCUT2D eigenvalue weighted by Gasteiger charge is 2.23. The Morgan fingerprint density at radius 3 is 1.55 bits per heavy atom. The molecule has 0 saturated carbocycles.